The first-order valence-electron chi connectivity index (χ1n) is 7.47. The van der Waals surface area contributed by atoms with E-state index in [4.69, 9.17) is 4.42 Å². The van der Waals surface area contributed by atoms with Crippen LogP contribution >= 0.6 is 0 Å². The third-order valence-corrected chi connectivity index (χ3v) is 4.17. The third-order valence-electron chi connectivity index (χ3n) is 4.17. The van der Waals surface area contributed by atoms with Gasteiger partial charge < -0.3 is 9.73 Å². The second kappa shape index (κ2) is 5.69. The van der Waals surface area contributed by atoms with E-state index in [0.29, 0.717) is 17.2 Å². The summed E-state index contributed by atoms with van der Waals surface area (Å²) in [6.45, 7) is 3.72. The smallest absolute Gasteiger partial charge is 0.256 e. The van der Waals surface area contributed by atoms with E-state index < -0.39 is 6.04 Å². The van der Waals surface area contributed by atoms with Crippen molar-refractivity contribution < 1.29 is 9.21 Å². The van der Waals surface area contributed by atoms with Gasteiger partial charge in [0.05, 0.1) is 11.6 Å². The standard InChI is InChI=1S/C18H18N2O2/c1-11-12(2)22-17(14-6-4-3-5-7-14)16(11)18(21)20-15(10-19)13-8-9-13/h3-7,13,15H,8-9H2,1-2H3,(H,20,21). The summed E-state index contributed by atoms with van der Waals surface area (Å²) in [5.41, 5.74) is 2.22. The van der Waals surface area contributed by atoms with Gasteiger partial charge in [-0.3, -0.25) is 4.79 Å². The molecule has 1 unspecified atom stereocenters. The fourth-order valence-corrected chi connectivity index (χ4v) is 2.59. The zero-order valence-corrected chi connectivity index (χ0v) is 12.7. The molecular weight excluding hydrogens is 276 g/mol. The molecule has 22 heavy (non-hydrogen) atoms. The lowest BCUT2D eigenvalue weighted by atomic mass is 10.0. The average molecular weight is 294 g/mol. The van der Waals surface area contributed by atoms with Crippen molar-refractivity contribution in [2.45, 2.75) is 32.7 Å². The predicted molar refractivity (Wildman–Crippen MR) is 83.2 cm³/mol. The number of furan rings is 1. The number of nitrogens with zero attached hydrogens (tertiary/aromatic N) is 1. The summed E-state index contributed by atoms with van der Waals surface area (Å²) in [6, 6.07) is 11.3. The van der Waals surface area contributed by atoms with Crippen LogP contribution in [0.25, 0.3) is 11.3 Å². The summed E-state index contributed by atoms with van der Waals surface area (Å²) in [4.78, 5) is 12.7. The van der Waals surface area contributed by atoms with Gasteiger partial charge in [-0.2, -0.15) is 5.26 Å². The Balaban J connectivity index is 1.96. The number of nitriles is 1. The lowest BCUT2D eigenvalue weighted by Crippen LogP contribution is -2.35. The molecule has 1 fully saturated rings. The van der Waals surface area contributed by atoms with Crippen molar-refractivity contribution >= 4 is 5.91 Å². The lowest BCUT2D eigenvalue weighted by molar-refractivity contribution is 0.0941. The van der Waals surface area contributed by atoms with E-state index in [-0.39, 0.29) is 5.91 Å². The van der Waals surface area contributed by atoms with Crippen LogP contribution < -0.4 is 5.32 Å². The topological polar surface area (TPSA) is 66.0 Å². The molecule has 0 bridgehead atoms. The number of rotatable bonds is 4. The molecule has 0 aliphatic heterocycles. The van der Waals surface area contributed by atoms with E-state index in [1.807, 2.05) is 44.2 Å². The van der Waals surface area contributed by atoms with Gasteiger partial charge in [-0.1, -0.05) is 30.3 Å². The van der Waals surface area contributed by atoms with Crippen molar-refractivity contribution in [1.82, 2.24) is 5.32 Å². The molecule has 3 rings (SSSR count). The minimum Gasteiger partial charge on any atom is -0.460 e. The maximum absolute atomic E-state index is 12.7. The van der Waals surface area contributed by atoms with Crippen molar-refractivity contribution in [3.8, 4) is 17.4 Å². The van der Waals surface area contributed by atoms with Gasteiger partial charge in [-0.25, -0.2) is 0 Å². The number of aryl methyl sites for hydroxylation is 1. The van der Waals surface area contributed by atoms with Crippen LogP contribution in [0.2, 0.25) is 0 Å². The summed E-state index contributed by atoms with van der Waals surface area (Å²) in [5.74, 6) is 1.36. The minimum absolute atomic E-state index is 0.230. The van der Waals surface area contributed by atoms with Gasteiger partial charge in [-0.15, -0.1) is 0 Å². The molecule has 1 heterocycles. The predicted octanol–water partition coefficient (Wildman–Crippen LogP) is 3.60. The summed E-state index contributed by atoms with van der Waals surface area (Å²) < 4.78 is 5.80. The first-order chi connectivity index (χ1) is 10.6. The van der Waals surface area contributed by atoms with E-state index in [1.54, 1.807) is 0 Å². The fourth-order valence-electron chi connectivity index (χ4n) is 2.59. The summed E-state index contributed by atoms with van der Waals surface area (Å²) in [5, 5.41) is 12.1. The third kappa shape index (κ3) is 2.62. The summed E-state index contributed by atoms with van der Waals surface area (Å²) in [7, 11) is 0. The molecule has 4 nitrogen and oxygen atoms in total. The fraction of sp³-hybridized carbons (Fsp3) is 0.333. The van der Waals surface area contributed by atoms with Crippen LogP contribution in [0.5, 0.6) is 0 Å². The second-order valence-electron chi connectivity index (χ2n) is 5.77. The Morgan fingerprint density at radius 2 is 2.00 bits per heavy atom. The lowest BCUT2D eigenvalue weighted by Gasteiger charge is -2.11. The SMILES string of the molecule is Cc1oc(-c2ccccc2)c(C(=O)NC(C#N)C2CC2)c1C. The normalized spacial score (nSPS) is 15.1. The molecule has 1 N–H and O–H groups in total. The molecule has 2 aromatic rings. The van der Waals surface area contributed by atoms with Crippen LogP contribution in [-0.2, 0) is 0 Å². The number of carbonyl (C=O) groups excluding carboxylic acids is 1. The zero-order chi connectivity index (χ0) is 15.7. The molecular formula is C18H18N2O2. The van der Waals surface area contributed by atoms with Crippen molar-refractivity contribution in [1.29, 1.82) is 5.26 Å². The molecule has 4 heteroatoms. The van der Waals surface area contributed by atoms with Gasteiger partial charge in [0.15, 0.2) is 0 Å². The molecule has 0 saturated heterocycles. The van der Waals surface area contributed by atoms with Crippen LogP contribution in [0.3, 0.4) is 0 Å². The van der Waals surface area contributed by atoms with Crippen LogP contribution in [-0.4, -0.2) is 11.9 Å². The molecule has 0 radical (unpaired) electrons. The number of amides is 1. The molecule has 1 aromatic carbocycles. The molecule has 1 aromatic heterocycles. The van der Waals surface area contributed by atoms with Gasteiger partial charge in [0.25, 0.3) is 5.91 Å². The summed E-state index contributed by atoms with van der Waals surface area (Å²) in [6.07, 6.45) is 2.01. The van der Waals surface area contributed by atoms with Gasteiger partial charge in [0.2, 0.25) is 0 Å². The number of hydrogen-bond donors (Lipinski definition) is 1. The Kier molecular flexibility index (Phi) is 3.72. The number of carbonyl (C=O) groups is 1. The highest BCUT2D eigenvalue weighted by atomic mass is 16.3. The van der Waals surface area contributed by atoms with Crippen molar-refractivity contribution in [2.75, 3.05) is 0 Å². The van der Waals surface area contributed by atoms with Crippen LogP contribution in [0.15, 0.2) is 34.7 Å². The average Bonchev–Trinajstić information content (AvgIpc) is 3.32. The van der Waals surface area contributed by atoms with Crippen molar-refractivity contribution in [3.63, 3.8) is 0 Å². The highest BCUT2D eigenvalue weighted by molar-refractivity contribution is 6.01. The van der Waals surface area contributed by atoms with Gasteiger partial charge in [-0.05, 0) is 32.6 Å². The van der Waals surface area contributed by atoms with E-state index in [1.165, 1.54) is 0 Å². The van der Waals surface area contributed by atoms with Gasteiger partial charge in [0.1, 0.15) is 17.6 Å². The first-order valence-corrected chi connectivity index (χ1v) is 7.47. The Labute approximate surface area is 129 Å². The van der Waals surface area contributed by atoms with Crippen LogP contribution in [0.4, 0.5) is 0 Å². The summed E-state index contributed by atoms with van der Waals surface area (Å²) >= 11 is 0. The molecule has 1 aliphatic rings. The second-order valence-corrected chi connectivity index (χ2v) is 5.77. The Morgan fingerprint density at radius 3 is 2.59 bits per heavy atom. The Morgan fingerprint density at radius 1 is 1.32 bits per heavy atom. The van der Waals surface area contributed by atoms with E-state index in [2.05, 4.69) is 11.4 Å². The van der Waals surface area contributed by atoms with Crippen LogP contribution in [0.1, 0.15) is 34.5 Å². The largest absolute Gasteiger partial charge is 0.460 e. The van der Waals surface area contributed by atoms with Crippen LogP contribution in [0, 0.1) is 31.1 Å². The van der Waals surface area contributed by atoms with Crippen molar-refractivity contribution in [2.24, 2.45) is 5.92 Å². The molecule has 1 amide bonds. The van der Waals surface area contributed by atoms with Gasteiger partial charge in [0, 0.05) is 11.1 Å². The van der Waals surface area contributed by atoms with Crippen molar-refractivity contribution in [3.05, 3.63) is 47.2 Å². The number of benzene rings is 1. The minimum atomic E-state index is -0.411. The molecule has 1 atom stereocenters. The first kappa shape index (κ1) is 14.4. The number of hydrogen-bond acceptors (Lipinski definition) is 3. The highest BCUT2D eigenvalue weighted by Gasteiger charge is 2.34. The Bertz CT molecular complexity index is 736. The molecule has 112 valence electrons. The van der Waals surface area contributed by atoms with E-state index in [9.17, 15) is 10.1 Å². The maximum Gasteiger partial charge on any atom is 0.256 e. The van der Waals surface area contributed by atoms with E-state index in [0.717, 1.165) is 29.7 Å². The quantitative estimate of drug-likeness (QED) is 0.937. The molecule has 0 spiro atoms. The zero-order valence-electron chi connectivity index (χ0n) is 12.7. The molecule has 1 aliphatic carbocycles. The Hall–Kier alpha value is -2.54. The number of nitrogens with one attached hydrogen (secondary N) is 1. The van der Waals surface area contributed by atoms with E-state index >= 15 is 0 Å². The maximum atomic E-state index is 12.7. The molecule has 1 saturated carbocycles. The monoisotopic (exact) mass is 294 g/mol. The van der Waals surface area contributed by atoms with Gasteiger partial charge >= 0.3 is 0 Å². The highest BCUT2D eigenvalue weighted by Crippen LogP contribution is 2.34.